The fraction of sp³-hybridized carbons (Fsp3) is 0.733. The van der Waals surface area contributed by atoms with Crippen LogP contribution < -0.4 is 5.32 Å². The molecular weight excluding hydrogens is 258 g/mol. The number of nitrogens with one attached hydrogen (secondary N) is 1. The number of carbonyl (C=O) groups is 2. The summed E-state index contributed by atoms with van der Waals surface area (Å²) < 4.78 is 5.30. The summed E-state index contributed by atoms with van der Waals surface area (Å²) in [5.74, 6) is -0.892. The van der Waals surface area contributed by atoms with Crippen LogP contribution in [0.1, 0.15) is 45.4 Å². The molecule has 5 nitrogen and oxygen atoms in total. The quantitative estimate of drug-likeness (QED) is 0.502. The van der Waals surface area contributed by atoms with Crippen LogP contribution in [-0.2, 0) is 14.3 Å². The fourth-order valence-corrected chi connectivity index (χ4v) is 2.77. The monoisotopic (exact) mass is 283 g/mol. The molecule has 1 rings (SSSR count). The molecule has 5 heteroatoms. The predicted octanol–water partition coefficient (Wildman–Crippen LogP) is 2.12. The third-order valence-corrected chi connectivity index (χ3v) is 3.64. The molecule has 0 aromatic rings. The lowest BCUT2D eigenvalue weighted by atomic mass is 9.79. The molecule has 0 heterocycles. The molecule has 0 unspecified atom stereocenters. The summed E-state index contributed by atoms with van der Waals surface area (Å²) >= 11 is 0. The van der Waals surface area contributed by atoms with E-state index in [2.05, 4.69) is 11.9 Å². The molecule has 1 saturated carbocycles. The Balaban J connectivity index is 2.28. The van der Waals surface area contributed by atoms with Crippen LogP contribution in [0.5, 0.6) is 0 Å². The van der Waals surface area contributed by atoms with E-state index in [1.807, 2.05) is 6.92 Å². The zero-order chi connectivity index (χ0) is 15.0. The minimum atomic E-state index is -0.815. The minimum Gasteiger partial charge on any atom is -0.481 e. The van der Waals surface area contributed by atoms with Gasteiger partial charge < -0.3 is 15.2 Å². The van der Waals surface area contributed by atoms with Gasteiger partial charge in [-0.05, 0) is 25.2 Å². The van der Waals surface area contributed by atoms with Gasteiger partial charge in [0.2, 0.25) is 5.91 Å². The molecule has 0 atom stereocenters. The molecule has 0 aromatic carbocycles. The molecule has 0 aromatic heterocycles. The summed E-state index contributed by atoms with van der Waals surface area (Å²) in [7, 11) is 0. The van der Waals surface area contributed by atoms with Gasteiger partial charge in [0.1, 0.15) is 0 Å². The van der Waals surface area contributed by atoms with Crippen molar-refractivity contribution < 1.29 is 19.4 Å². The standard InChI is InChI=1S/C15H25NO4/c1-12(2)11-20-8-7-16-13(17)9-15(10-14(18)19)5-3-4-6-15/h1,3-11H2,2H3,(H,16,17)(H,18,19). The predicted molar refractivity (Wildman–Crippen MR) is 76.4 cm³/mol. The number of ether oxygens (including phenoxy) is 1. The molecule has 1 fully saturated rings. The van der Waals surface area contributed by atoms with Crippen molar-refractivity contribution in [2.75, 3.05) is 19.8 Å². The maximum atomic E-state index is 11.9. The van der Waals surface area contributed by atoms with E-state index in [0.717, 1.165) is 31.3 Å². The minimum absolute atomic E-state index is 0.0768. The number of aliphatic carboxylic acids is 1. The molecule has 2 N–H and O–H groups in total. The number of carboxylic acid groups (broad SMARTS) is 1. The van der Waals surface area contributed by atoms with E-state index in [1.54, 1.807) is 0 Å². The van der Waals surface area contributed by atoms with Crippen molar-refractivity contribution >= 4 is 11.9 Å². The fourth-order valence-electron chi connectivity index (χ4n) is 2.77. The Hall–Kier alpha value is -1.36. The number of hydrogen-bond acceptors (Lipinski definition) is 3. The van der Waals surface area contributed by atoms with Crippen LogP contribution in [0.2, 0.25) is 0 Å². The summed E-state index contributed by atoms with van der Waals surface area (Å²) in [5.41, 5.74) is 0.608. The number of carbonyl (C=O) groups excluding carboxylic acids is 1. The zero-order valence-corrected chi connectivity index (χ0v) is 12.2. The van der Waals surface area contributed by atoms with Crippen LogP contribution in [0.4, 0.5) is 0 Å². The second kappa shape index (κ2) is 8.04. The molecule has 114 valence electrons. The van der Waals surface area contributed by atoms with Crippen molar-refractivity contribution in [3.8, 4) is 0 Å². The highest BCUT2D eigenvalue weighted by molar-refractivity contribution is 5.78. The van der Waals surface area contributed by atoms with Crippen LogP contribution in [0.3, 0.4) is 0 Å². The van der Waals surface area contributed by atoms with Gasteiger partial charge >= 0.3 is 5.97 Å². The van der Waals surface area contributed by atoms with Crippen LogP contribution in [-0.4, -0.2) is 36.7 Å². The van der Waals surface area contributed by atoms with E-state index in [4.69, 9.17) is 9.84 Å². The first-order valence-electron chi connectivity index (χ1n) is 7.14. The molecule has 0 radical (unpaired) electrons. The molecule has 20 heavy (non-hydrogen) atoms. The Morgan fingerprint density at radius 1 is 1.30 bits per heavy atom. The van der Waals surface area contributed by atoms with Crippen molar-refractivity contribution in [3.05, 3.63) is 12.2 Å². The van der Waals surface area contributed by atoms with Gasteiger partial charge in [-0.2, -0.15) is 0 Å². The second-order valence-electron chi connectivity index (χ2n) is 5.81. The molecule has 0 spiro atoms. The van der Waals surface area contributed by atoms with Gasteiger partial charge in [0.15, 0.2) is 0 Å². The normalized spacial score (nSPS) is 16.9. The average Bonchev–Trinajstić information content (AvgIpc) is 2.75. The number of rotatable bonds is 9. The Labute approximate surface area is 120 Å². The first kappa shape index (κ1) is 16.7. The summed E-state index contributed by atoms with van der Waals surface area (Å²) in [6, 6.07) is 0. The lowest BCUT2D eigenvalue weighted by Gasteiger charge is -2.26. The summed E-state index contributed by atoms with van der Waals surface area (Å²) in [5, 5.41) is 11.8. The number of amides is 1. The van der Waals surface area contributed by atoms with E-state index >= 15 is 0 Å². The van der Waals surface area contributed by atoms with Crippen LogP contribution >= 0.6 is 0 Å². The highest BCUT2D eigenvalue weighted by Crippen LogP contribution is 2.43. The molecule has 1 aliphatic carbocycles. The number of hydrogen-bond donors (Lipinski definition) is 2. The highest BCUT2D eigenvalue weighted by atomic mass is 16.5. The summed E-state index contributed by atoms with van der Waals surface area (Å²) in [6.45, 7) is 7.01. The smallest absolute Gasteiger partial charge is 0.303 e. The van der Waals surface area contributed by atoms with E-state index < -0.39 is 5.97 Å². The Kier molecular flexibility index (Phi) is 6.71. The van der Waals surface area contributed by atoms with Crippen LogP contribution in [0.15, 0.2) is 12.2 Å². The number of carboxylic acids is 1. The van der Waals surface area contributed by atoms with E-state index in [-0.39, 0.29) is 17.7 Å². The van der Waals surface area contributed by atoms with E-state index in [0.29, 0.717) is 26.2 Å². The Morgan fingerprint density at radius 2 is 1.95 bits per heavy atom. The van der Waals surface area contributed by atoms with Gasteiger partial charge in [-0.3, -0.25) is 9.59 Å². The van der Waals surface area contributed by atoms with Crippen LogP contribution in [0.25, 0.3) is 0 Å². The molecule has 0 saturated heterocycles. The lowest BCUT2D eigenvalue weighted by molar-refractivity contribution is -0.140. The second-order valence-corrected chi connectivity index (χ2v) is 5.81. The van der Waals surface area contributed by atoms with Crippen molar-refractivity contribution in [2.24, 2.45) is 5.41 Å². The van der Waals surface area contributed by atoms with E-state index in [1.165, 1.54) is 0 Å². The third kappa shape index (κ3) is 6.19. The first-order chi connectivity index (χ1) is 9.43. The van der Waals surface area contributed by atoms with Crippen molar-refractivity contribution in [3.63, 3.8) is 0 Å². The van der Waals surface area contributed by atoms with Crippen molar-refractivity contribution in [1.82, 2.24) is 5.32 Å². The van der Waals surface area contributed by atoms with Gasteiger partial charge in [-0.1, -0.05) is 25.0 Å². The maximum absolute atomic E-state index is 11.9. The van der Waals surface area contributed by atoms with Crippen LogP contribution in [0, 0.1) is 5.41 Å². The van der Waals surface area contributed by atoms with Gasteiger partial charge in [-0.15, -0.1) is 0 Å². The van der Waals surface area contributed by atoms with Crippen molar-refractivity contribution in [2.45, 2.75) is 45.4 Å². The summed E-state index contributed by atoms with van der Waals surface area (Å²) in [6.07, 6.45) is 4.09. The molecule has 0 bridgehead atoms. The van der Waals surface area contributed by atoms with E-state index in [9.17, 15) is 9.59 Å². The Bertz CT molecular complexity index is 359. The van der Waals surface area contributed by atoms with Crippen molar-refractivity contribution in [1.29, 1.82) is 0 Å². The topological polar surface area (TPSA) is 75.6 Å². The molecular formula is C15H25NO4. The van der Waals surface area contributed by atoms with Gasteiger partial charge in [-0.25, -0.2) is 0 Å². The van der Waals surface area contributed by atoms with Gasteiger partial charge in [0, 0.05) is 13.0 Å². The average molecular weight is 283 g/mol. The third-order valence-electron chi connectivity index (χ3n) is 3.64. The Morgan fingerprint density at radius 3 is 2.50 bits per heavy atom. The SMILES string of the molecule is C=C(C)COCCNC(=O)CC1(CC(=O)O)CCCC1. The zero-order valence-electron chi connectivity index (χ0n) is 12.2. The molecule has 1 aliphatic rings. The molecule has 1 amide bonds. The maximum Gasteiger partial charge on any atom is 0.303 e. The van der Waals surface area contributed by atoms with Gasteiger partial charge in [0.05, 0.1) is 19.6 Å². The molecule has 0 aliphatic heterocycles. The lowest BCUT2D eigenvalue weighted by Crippen LogP contribution is -2.33. The highest BCUT2D eigenvalue weighted by Gasteiger charge is 2.37. The first-order valence-corrected chi connectivity index (χ1v) is 7.14. The van der Waals surface area contributed by atoms with Gasteiger partial charge in [0.25, 0.3) is 0 Å². The summed E-state index contributed by atoms with van der Waals surface area (Å²) in [4.78, 5) is 22.9. The largest absolute Gasteiger partial charge is 0.481 e.